The van der Waals surface area contributed by atoms with Gasteiger partial charge in [-0.05, 0) is 37.0 Å². The fourth-order valence-corrected chi connectivity index (χ4v) is 4.71. The van der Waals surface area contributed by atoms with Gasteiger partial charge in [-0.2, -0.15) is 0 Å². The molecule has 3 heterocycles. The molecule has 29 heavy (non-hydrogen) atoms. The molecule has 0 saturated heterocycles. The quantitative estimate of drug-likeness (QED) is 0.500. The van der Waals surface area contributed by atoms with Gasteiger partial charge in [-0.3, -0.25) is 14.2 Å². The van der Waals surface area contributed by atoms with Gasteiger partial charge in [0.25, 0.3) is 5.56 Å². The van der Waals surface area contributed by atoms with Crippen LogP contribution in [0, 0.1) is 13.8 Å². The number of rotatable bonds is 5. The SMILES string of the molecule is CCC(C(=O)Nc1nccs1)n1cnc2scc(-c3ccc(C)c(C)c3)c2c1=O. The zero-order chi connectivity index (χ0) is 20.5. The molecule has 0 radical (unpaired) electrons. The van der Waals surface area contributed by atoms with Crippen molar-refractivity contribution in [1.29, 1.82) is 0 Å². The normalized spacial score (nSPS) is 12.2. The van der Waals surface area contributed by atoms with E-state index >= 15 is 0 Å². The molecule has 3 aromatic heterocycles. The van der Waals surface area contributed by atoms with Gasteiger partial charge >= 0.3 is 0 Å². The van der Waals surface area contributed by atoms with Crippen molar-refractivity contribution < 1.29 is 4.79 Å². The number of hydrogen-bond acceptors (Lipinski definition) is 6. The summed E-state index contributed by atoms with van der Waals surface area (Å²) in [6.07, 6.45) is 3.57. The summed E-state index contributed by atoms with van der Waals surface area (Å²) < 4.78 is 1.43. The molecule has 0 fully saturated rings. The first-order valence-electron chi connectivity index (χ1n) is 9.26. The number of anilines is 1. The number of carbonyl (C=O) groups excluding carboxylic acids is 1. The molecular formula is C21H20N4O2S2. The summed E-state index contributed by atoms with van der Waals surface area (Å²) in [4.78, 5) is 35.4. The Balaban J connectivity index is 1.79. The first kappa shape index (κ1) is 19.5. The number of aryl methyl sites for hydroxylation is 2. The number of aromatic nitrogens is 3. The van der Waals surface area contributed by atoms with Crippen molar-refractivity contribution in [3.05, 3.63) is 63.0 Å². The summed E-state index contributed by atoms with van der Waals surface area (Å²) in [5.74, 6) is -0.270. The zero-order valence-electron chi connectivity index (χ0n) is 16.3. The van der Waals surface area contributed by atoms with Crippen molar-refractivity contribution >= 4 is 43.9 Å². The van der Waals surface area contributed by atoms with Crippen LogP contribution in [0.25, 0.3) is 21.3 Å². The van der Waals surface area contributed by atoms with E-state index in [2.05, 4.69) is 41.3 Å². The number of hydrogen-bond donors (Lipinski definition) is 1. The average molecular weight is 425 g/mol. The highest BCUT2D eigenvalue weighted by Gasteiger charge is 2.23. The van der Waals surface area contributed by atoms with Crippen LogP contribution in [0.15, 0.2) is 46.3 Å². The molecular weight excluding hydrogens is 404 g/mol. The average Bonchev–Trinajstić information content (AvgIpc) is 3.36. The third kappa shape index (κ3) is 3.61. The van der Waals surface area contributed by atoms with Crippen LogP contribution in [0.1, 0.15) is 30.5 Å². The lowest BCUT2D eigenvalue weighted by Crippen LogP contribution is -2.33. The predicted octanol–water partition coefficient (Wildman–Crippen LogP) is 4.79. The maximum absolute atomic E-state index is 13.4. The van der Waals surface area contributed by atoms with Gasteiger partial charge in [0.15, 0.2) is 5.13 Å². The highest BCUT2D eigenvalue weighted by molar-refractivity contribution is 7.17. The summed E-state index contributed by atoms with van der Waals surface area (Å²) in [6.45, 7) is 5.99. The number of benzene rings is 1. The molecule has 1 unspecified atom stereocenters. The molecule has 0 saturated carbocycles. The maximum Gasteiger partial charge on any atom is 0.263 e. The van der Waals surface area contributed by atoms with Gasteiger partial charge in [-0.25, -0.2) is 9.97 Å². The Morgan fingerprint density at radius 1 is 1.21 bits per heavy atom. The predicted molar refractivity (Wildman–Crippen MR) is 119 cm³/mol. The Labute approximate surface area is 175 Å². The molecule has 8 heteroatoms. The van der Waals surface area contributed by atoms with Crippen molar-refractivity contribution in [2.24, 2.45) is 0 Å². The highest BCUT2D eigenvalue weighted by Crippen LogP contribution is 2.32. The molecule has 1 aromatic carbocycles. The largest absolute Gasteiger partial charge is 0.300 e. The van der Waals surface area contributed by atoms with E-state index < -0.39 is 6.04 Å². The number of nitrogens with zero attached hydrogens (tertiary/aromatic N) is 3. The minimum absolute atomic E-state index is 0.203. The topological polar surface area (TPSA) is 76.9 Å². The first-order valence-corrected chi connectivity index (χ1v) is 11.0. The molecule has 0 aliphatic heterocycles. The van der Waals surface area contributed by atoms with Crippen molar-refractivity contribution in [3.8, 4) is 11.1 Å². The Bertz CT molecular complexity index is 1240. The lowest BCUT2D eigenvalue weighted by molar-refractivity contribution is -0.119. The molecule has 1 amide bonds. The molecule has 0 spiro atoms. The van der Waals surface area contributed by atoms with Gasteiger partial charge in [-0.15, -0.1) is 22.7 Å². The Kier molecular flexibility index (Phi) is 5.29. The van der Waals surface area contributed by atoms with E-state index in [-0.39, 0.29) is 11.5 Å². The maximum atomic E-state index is 13.4. The standard InChI is InChI=1S/C21H20N4O2S2/c1-4-16(18(26)24-21-22-7-8-28-21)25-11-23-19-17(20(25)27)15(10-29-19)14-6-5-12(2)13(3)9-14/h5-11,16H,4H2,1-3H3,(H,22,24,26). The number of amides is 1. The molecule has 1 N–H and O–H groups in total. The second-order valence-corrected chi connectivity index (χ2v) is 8.59. The fraction of sp³-hybridized carbons (Fsp3) is 0.238. The third-order valence-electron chi connectivity index (χ3n) is 5.02. The highest BCUT2D eigenvalue weighted by atomic mass is 32.1. The molecule has 0 aliphatic carbocycles. The Hall–Kier alpha value is -2.84. The number of nitrogens with one attached hydrogen (secondary N) is 1. The molecule has 0 bridgehead atoms. The lowest BCUT2D eigenvalue weighted by atomic mass is 10.0. The number of thiazole rings is 1. The smallest absolute Gasteiger partial charge is 0.263 e. The molecule has 6 nitrogen and oxygen atoms in total. The summed E-state index contributed by atoms with van der Waals surface area (Å²) in [5, 5.41) is 7.61. The fourth-order valence-electron chi connectivity index (χ4n) is 3.27. The van der Waals surface area contributed by atoms with Crippen LogP contribution in [0.3, 0.4) is 0 Å². The first-order chi connectivity index (χ1) is 14.0. The van der Waals surface area contributed by atoms with Crippen molar-refractivity contribution in [2.45, 2.75) is 33.2 Å². The molecule has 148 valence electrons. The second kappa shape index (κ2) is 7.88. The van der Waals surface area contributed by atoms with E-state index in [1.54, 1.807) is 11.6 Å². The van der Waals surface area contributed by atoms with Crippen LogP contribution >= 0.6 is 22.7 Å². The van der Waals surface area contributed by atoms with E-state index in [1.807, 2.05) is 18.4 Å². The van der Waals surface area contributed by atoms with Gasteiger partial charge in [0, 0.05) is 22.5 Å². The summed E-state index contributed by atoms with van der Waals surface area (Å²) in [7, 11) is 0. The Morgan fingerprint density at radius 2 is 2.03 bits per heavy atom. The summed E-state index contributed by atoms with van der Waals surface area (Å²) in [6, 6.07) is 5.50. The minimum Gasteiger partial charge on any atom is -0.300 e. The van der Waals surface area contributed by atoms with Crippen LogP contribution in [0.4, 0.5) is 5.13 Å². The second-order valence-electron chi connectivity index (χ2n) is 6.84. The van der Waals surface area contributed by atoms with E-state index in [4.69, 9.17) is 0 Å². The third-order valence-corrected chi connectivity index (χ3v) is 6.60. The van der Waals surface area contributed by atoms with Crippen molar-refractivity contribution in [1.82, 2.24) is 14.5 Å². The Morgan fingerprint density at radius 3 is 2.72 bits per heavy atom. The van der Waals surface area contributed by atoms with Crippen molar-refractivity contribution in [2.75, 3.05) is 5.32 Å². The number of thiophene rings is 1. The zero-order valence-corrected chi connectivity index (χ0v) is 17.9. The van der Waals surface area contributed by atoms with Gasteiger partial charge in [0.05, 0.1) is 11.7 Å². The van der Waals surface area contributed by atoms with E-state index in [0.717, 1.165) is 11.1 Å². The van der Waals surface area contributed by atoms with Crippen LogP contribution in [-0.4, -0.2) is 20.4 Å². The van der Waals surface area contributed by atoms with Crippen LogP contribution in [0.2, 0.25) is 0 Å². The molecule has 4 aromatic rings. The number of carbonyl (C=O) groups is 1. The van der Waals surface area contributed by atoms with Crippen LogP contribution in [0.5, 0.6) is 0 Å². The molecule has 0 aliphatic rings. The van der Waals surface area contributed by atoms with E-state index in [9.17, 15) is 9.59 Å². The van der Waals surface area contributed by atoms with Gasteiger partial charge in [0.1, 0.15) is 10.9 Å². The molecule has 1 atom stereocenters. The van der Waals surface area contributed by atoms with Gasteiger partial charge in [-0.1, -0.05) is 25.1 Å². The summed E-state index contributed by atoms with van der Waals surface area (Å²) >= 11 is 2.78. The van der Waals surface area contributed by atoms with E-state index in [1.165, 1.54) is 44.7 Å². The lowest BCUT2D eigenvalue weighted by Gasteiger charge is -2.17. The summed E-state index contributed by atoms with van der Waals surface area (Å²) in [5.41, 5.74) is 4.01. The van der Waals surface area contributed by atoms with Gasteiger partial charge in [0.2, 0.25) is 5.91 Å². The van der Waals surface area contributed by atoms with Crippen LogP contribution < -0.4 is 10.9 Å². The van der Waals surface area contributed by atoms with Gasteiger partial charge < -0.3 is 5.32 Å². The van der Waals surface area contributed by atoms with Crippen molar-refractivity contribution in [3.63, 3.8) is 0 Å². The van der Waals surface area contributed by atoms with Crippen LogP contribution in [-0.2, 0) is 4.79 Å². The minimum atomic E-state index is -0.657. The number of fused-ring (bicyclic) bond motifs is 1. The monoisotopic (exact) mass is 424 g/mol. The van der Waals surface area contributed by atoms with E-state index in [0.29, 0.717) is 21.8 Å². The molecule has 4 rings (SSSR count).